The van der Waals surface area contributed by atoms with Gasteiger partial charge in [0.05, 0.1) is 0 Å². The summed E-state index contributed by atoms with van der Waals surface area (Å²) in [4.78, 5) is 0. The van der Waals surface area contributed by atoms with Crippen LogP contribution in [0.4, 0.5) is 0 Å². The maximum atomic E-state index is 2.53. The van der Waals surface area contributed by atoms with E-state index in [-0.39, 0.29) is 24.8 Å². The minimum Gasteiger partial charge on any atom is -0.147 e. The van der Waals surface area contributed by atoms with Gasteiger partial charge in [0.25, 0.3) is 0 Å². The van der Waals surface area contributed by atoms with Gasteiger partial charge in [0.1, 0.15) is 0 Å². The van der Waals surface area contributed by atoms with Gasteiger partial charge in [0.2, 0.25) is 0 Å². The Morgan fingerprint density at radius 1 is 0.875 bits per heavy atom. The number of halogens is 2. The third-order valence-electron chi connectivity index (χ3n) is 6.08. The second kappa shape index (κ2) is 6.59. The summed E-state index contributed by atoms with van der Waals surface area (Å²) in [5.74, 6) is 0. The topological polar surface area (TPSA) is 0 Å². The molecule has 2 aromatic carbocycles. The minimum absolute atomic E-state index is 0. The summed E-state index contributed by atoms with van der Waals surface area (Å²) in [5, 5.41) is 0. The van der Waals surface area contributed by atoms with Crippen LogP contribution in [0.1, 0.15) is 28.1 Å². The van der Waals surface area contributed by atoms with E-state index < -0.39 is 20.0 Å². The smallest absolute Gasteiger partial charge is 0.147 e. The van der Waals surface area contributed by atoms with Gasteiger partial charge in [-0.05, 0) is 0 Å². The van der Waals surface area contributed by atoms with Crippen molar-refractivity contribution in [3.63, 3.8) is 0 Å². The molecular formula is C21H22Cl2Hf. The van der Waals surface area contributed by atoms with Gasteiger partial charge in [0.15, 0.2) is 0 Å². The van der Waals surface area contributed by atoms with Crippen LogP contribution in [0.5, 0.6) is 0 Å². The van der Waals surface area contributed by atoms with Crippen molar-refractivity contribution in [2.75, 3.05) is 0 Å². The van der Waals surface area contributed by atoms with E-state index in [0.717, 1.165) is 7.35 Å². The van der Waals surface area contributed by atoms with Crippen LogP contribution in [0.25, 0.3) is 11.1 Å². The summed E-state index contributed by atoms with van der Waals surface area (Å²) >= 11 is -2.44. The van der Waals surface area contributed by atoms with Gasteiger partial charge in [0, 0.05) is 0 Å². The number of fused-ring (bicyclic) bond motifs is 3. The fraction of sp³-hybridized carbons (Fsp3) is 0.238. The standard InChI is InChI=1S/C13H9.C5H5.C3H6.2ClH.Hf/c1-3-7-12-10(5-1)9-11-6-2-4-8-13(11)12;1-2-4-5-3-1;1-3-2;;;/h1-9H;1-3H,4H2;3H,1H2,2H3;2*1H;. The largest absolute Gasteiger partial charge is 0.147 e. The quantitative estimate of drug-likeness (QED) is 0.378. The van der Waals surface area contributed by atoms with Gasteiger partial charge in [-0.15, -0.1) is 24.8 Å². The van der Waals surface area contributed by atoms with Crippen molar-refractivity contribution in [1.82, 2.24) is 0 Å². The van der Waals surface area contributed by atoms with Crippen LogP contribution in [0, 0.1) is 0 Å². The van der Waals surface area contributed by atoms with Crippen molar-refractivity contribution < 1.29 is 20.0 Å². The molecule has 1 saturated heterocycles. The average molecular weight is 524 g/mol. The van der Waals surface area contributed by atoms with Crippen LogP contribution in [-0.2, 0) is 20.0 Å². The predicted octanol–water partition coefficient (Wildman–Crippen LogP) is 6.84. The zero-order chi connectivity index (χ0) is 14.7. The normalized spacial score (nSPS) is 26.0. The van der Waals surface area contributed by atoms with Gasteiger partial charge in [-0.1, -0.05) is 0 Å². The average Bonchev–Trinajstić information content (AvgIpc) is 2.99. The van der Waals surface area contributed by atoms with Gasteiger partial charge < -0.3 is 0 Å². The number of hydrogen-bond acceptors (Lipinski definition) is 0. The third kappa shape index (κ3) is 2.35. The zero-order valence-electron chi connectivity index (χ0n) is 13.7. The van der Waals surface area contributed by atoms with E-state index in [2.05, 4.69) is 73.7 Å². The Balaban J connectivity index is 0.000000845. The van der Waals surface area contributed by atoms with Crippen molar-refractivity contribution in [2.45, 2.75) is 24.9 Å². The van der Waals surface area contributed by atoms with E-state index in [1.807, 2.05) is 3.33 Å². The SMILES string of the molecule is C[CH]1[CH2][Hf]1([C]1=CC=CC1)[CH]1c2ccccc2-c2ccccc21.Cl.Cl. The van der Waals surface area contributed by atoms with E-state index in [1.165, 1.54) is 17.5 Å². The molecule has 3 heteroatoms. The van der Waals surface area contributed by atoms with Crippen LogP contribution in [0.15, 0.2) is 70.1 Å². The first-order valence-corrected chi connectivity index (χ1v) is 16.9. The number of hydrogen-bond donors (Lipinski definition) is 0. The molecule has 0 amide bonds. The Morgan fingerprint density at radius 2 is 1.42 bits per heavy atom. The van der Waals surface area contributed by atoms with Crippen molar-refractivity contribution in [2.24, 2.45) is 0 Å². The van der Waals surface area contributed by atoms with Crippen LogP contribution in [-0.4, -0.2) is 0 Å². The molecule has 1 aliphatic heterocycles. The van der Waals surface area contributed by atoms with E-state index >= 15 is 0 Å². The van der Waals surface area contributed by atoms with E-state index in [0.29, 0.717) is 0 Å². The Bertz CT molecular complexity index is 794. The second-order valence-corrected chi connectivity index (χ2v) is 23.9. The van der Waals surface area contributed by atoms with Crippen LogP contribution >= 0.6 is 24.8 Å². The minimum atomic E-state index is -2.44. The molecule has 2 aliphatic carbocycles. The Labute approximate surface area is 161 Å². The molecule has 0 saturated carbocycles. The molecule has 24 heavy (non-hydrogen) atoms. The Kier molecular flexibility index (Phi) is 4.99. The number of benzene rings is 2. The van der Waals surface area contributed by atoms with E-state index in [4.69, 9.17) is 0 Å². The van der Waals surface area contributed by atoms with E-state index in [9.17, 15) is 0 Å². The predicted molar refractivity (Wildman–Crippen MR) is 104 cm³/mol. The first-order valence-electron chi connectivity index (χ1n) is 8.37. The van der Waals surface area contributed by atoms with Crippen LogP contribution in [0.2, 0.25) is 7.85 Å². The second-order valence-electron chi connectivity index (χ2n) is 7.08. The maximum absolute atomic E-state index is 2.53. The molecule has 5 rings (SSSR count). The van der Waals surface area contributed by atoms with Crippen LogP contribution in [0.3, 0.4) is 0 Å². The Hall–Kier alpha value is -0.630. The van der Waals surface area contributed by atoms with E-state index in [1.54, 1.807) is 15.3 Å². The summed E-state index contributed by atoms with van der Waals surface area (Å²) in [7, 11) is 0. The molecule has 2 aromatic rings. The molecule has 0 nitrogen and oxygen atoms in total. The third-order valence-corrected chi connectivity index (χ3v) is 27.4. The summed E-state index contributed by atoms with van der Waals surface area (Å²) in [6.45, 7) is 2.53. The summed E-state index contributed by atoms with van der Waals surface area (Å²) in [6, 6.07) is 18.4. The maximum Gasteiger partial charge on any atom is -0.147 e. The fourth-order valence-electron chi connectivity index (χ4n) is 4.99. The van der Waals surface area contributed by atoms with Gasteiger partial charge >= 0.3 is 137 Å². The van der Waals surface area contributed by atoms with Gasteiger partial charge in [-0.3, -0.25) is 0 Å². The zero-order valence-corrected chi connectivity index (χ0v) is 19.0. The van der Waals surface area contributed by atoms with Crippen molar-refractivity contribution in [3.8, 4) is 11.1 Å². The first kappa shape index (κ1) is 18.2. The molecule has 2 unspecified atom stereocenters. The summed E-state index contributed by atoms with van der Waals surface area (Å²) < 4.78 is 5.19. The molecule has 0 N–H and O–H groups in total. The van der Waals surface area contributed by atoms with Crippen molar-refractivity contribution >= 4 is 24.8 Å². The first-order chi connectivity index (χ1) is 10.8. The molecule has 124 valence electrons. The Morgan fingerprint density at radius 3 is 1.88 bits per heavy atom. The number of rotatable bonds is 2. The summed E-state index contributed by atoms with van der Waals surface area (Å²) in [5.41, 5.74) is 6.30. The van der Waals surface area contributed by atoms with Crippen LogP contribution < -0.4 is 0 Å². The molecule has 2 atom stereocenters. The summed E-state index contributed by atoms with van der Waals surface area (Å²) in [6.07, 6.45) is 8.39. The molecule has 1 heterocycles. The molecule has 0 spiro atoms. The fourth-order valence-corrected chi connectivity index (χ4v) is 31.2. The van der Waals surface area contributed by atoms with Gasteiger partial charge in [-0.2, -0.15) is 0 Å². The molecule has 1 fully saturated rings. The molecular weight excluding hydrogens is 502 g/mol. The molecule has 0 bridgehead atoms. The van der Waals surface area contributed by atoms with Crippen molar-refractivity contribution in [3.05, 3.63) is 81.2 Å². The molecule has 0 aromatic heterocycles. The van der Waals surface area contributed by atoms with Crippen molar-refractivity contribution in [1.29, 1.82) is 0 Å². The number of allylic oxidation sites excluding steroid dienone is 4. The van der Waals surface area contributed by atoms with Gasteiger partial charge in [-0.25, -0.2) is 0 Å². The molecule has 0 radical (unpaired) electrons. The molecule has 3 aliphatic rings. The monoisotopic (exact) mass is 524 g/mol.